The lowest BCUT2D eigenvalue weighted by atomic mass is 9.96. The van der Waals surface area contributed by atoms with Crippen molar-refractivity contribution in [2.45, 2.75) is 6.18 Å². The fraction of sp³-hybridized carbons (Fsp3) is 0.0556. The molecule has 0 bridgehead atoms. The van der Waals surface area contributed by atoms with Crippen LogP contribution in [0.5, 0.6) is 0 Å². The number of amides is 1. The van der Waals surface area contributed by atoms with Crippen molar-refractivity contribution in [1.29, 1.82) is 0 Å². The Morgan fingerprint density at radius 2 is 1.83 bits per heavy atom. The second kappa shape index (κ2) is 5.43. The van der Waals surface area contributed by atoms with E-state index in [1.807, 2.05) is 0 Å². The van der Waals surface area contributed by atoms with Gasteiger partial charge in [0.05, 0.1) is 6.93 Å². The molecule has 0 spiro atoms. The molecule has 0 aromatic heterocycles. The lowest BCUT2D eigenvalue weighted by molar-refractivity contribution is -0.137. The molecule has 0 fully saturated rings. The summed E-state index contributed by atoms with van der Waals surface area (Å²) in [4.78, 5) is 11.3. The molecule has 3 rings (SSSR count). The summed E-state index contributed by atoms with van der Waals surface area (Å²) in [6.07, 6.45) is -4.48. The third kappa shape index (κ3) is 2.90. The summed E-state index contributed by atoms with van der Waals surface area (Å²) in [5.74, 6) is -0.557. The number of primary amides is 1. The van der Waals surface area contributed by atoms with Crippen LogP contribution in [0, 0.1) is 0 Å². The number of rotatable bonds is 2. The molecule has 0 aliphatic carbocycles. The zero-order valence-corrected chi connectivity index (χ0v) is 11.8. The minimum atomic E-state index is -4.48. The van der Waals surface area contributed by atoms with E-state index in [9.17, 15) is 18.0 Å². The van der Waals surface area contributed by atoms with Crippen molar-refractivity contribution in [2.24, 2.45) is 5.73 Å². The molecule has 0 radical (unpaired) electrons. The van der Waals surface area contributed by atoms with Gasteiger partial charge in [0, 0.05) is 5.56 Å². The predicted octanol–water partition coefficient (Wildman–Crippen LogP) is 4.62. The predicted molar refractivity (Wildman–Crippen MR) is 82.9 cm³/mol. The average molecular weight is 316 g/mol. The summed E-state index contributed by atoms with van der Waals surface area (Å²) in [5.41, 5.74) is 5.77. The van der Waals surface area contributed by atoms with Crippen molar-refractivity contribution in [3.63, 3.8) is 0 Å². The first-order chi connectivity index (χ1) is 11.3. The van der Waals surface area contributed by atoms with Crippen molar-refractivity contribution >= 4 is 16.7 Å². The standard InChI is InChI=1S/C18H12F3NO/c19-18(20,21)14-7-4-11(5-8-14)15-3-1-2-12-10-13(17(22)23)6-9-16(12)15/h1-10H,(H2,22,23)/i4D. The highest BCUT2D eigenvalue weighted by Gasteiger charge is 2.30. The van der Waals surface area contributed by atoms with Gasteiger partial charge in [-0.25, -0.2) is 0 Å². The van der Waals surface area contributed by atoms with Crippen LogP contribution in [0.15, 0.2) is 60.6 Å². The van der Waals surface area contributed by atoms with Crippen LogP contribution in [0.4, 0.5) is 13.2 Å². The molecule has 5 heteroatoms. The molecule has 3 aromatic rings. The van der Waals surface area contributed by atoms with Crippen LogP contribution in [0.2, 0.25) is 0 Å². The van der Waals surface area contributed by atoms with Gasteiger partial charge in [0.1, 0.15) is 0 Å². The summed E-state index contributed by atoms with van der Waals surface area (Å²) in [5, 5.41) is 1.46. The molecule has 0 saturated heterocycles. The number of halogens is 3. The zero-order chi connectivity index (χ0) is 17.5. The summed E-state index contributed by atoms with van der Waals surface area (Å²) < 4.78 is 46.2. The Hall–Kier alpha value is -2.82. The number of benzene rings is 3. The SMILES string of the molecule is [2H]c1cc(C(F)(F)F)ccc1-c1cccc2cc(C(N)=O)ccc12. The van der Waals surface area contributed by atoms with Crippen LogP contribution in [0.25, 0.3) is 21.9 Å². The van der Waals surface area contributed by atoms with E-state index < -0.39 is 17.6 Å². The first kappa shape index (κ1) is 13.8. The van der Waals surface area contributed by atoms with Crippen LogP contribution in [-0.2, 0) is 6.18 Å². The molecule has 0 aliphatic rings. The highest BCUT2D eigenvalue weighted by Crippen LogP contribution is 2.33. The van der Waals surface area contributed by atoms with E-state index in [1.54, 1.807) is 36.4 Å². The van der Waals surface area contributed by atoms with E-state index in [0.717, 1.165) is 22.9 Å². The molecule has 0 aliphatic heterocycles. The average Bonchev–Trinajstić information content (AvgIpc) is 2.53. The lowest BCUT2D eigenvalue weighted by Crippen LogP contribution is -2.10. The maximum atomic E-state index is 12.7. The van der Waals surface area contributed by atoms with Crippen molar-refractivity contribution in [1.82, 2.24) is 0 Å². The Bertz CT molecular complexity index is 951. The topological polar surface area (TPSA) is 43.1 Å². The van der Waals surface area contributed by atoms with Crippen LogP contribution in [0.1, 0.15) is 17.3 Å². The first-order valence-electron chi connectivity index (χ1n) is 7.28. The van der Waals surface area contributed by atoms with Gasteiger partial charge >= 0.3 is 6.18 Å². The maximum Gasteiger partial charge on any atom is 0.416 e. The van der Waals surface area contributed by atoms with Gasteiger partial charge in [-0.3, -0.25) is 4.79 Å². The zero-order valence-electron chi connectivity index (χ0n) is 12.8. The van der Waals surface area contributed by atoms with Crippen LogP contribution < -0.4 is 5.73 Å². The minimum absolute atomic E-state index is 0.212. The van der Waals surface area contributed by atoms with Crippen molar-refractivity contribution in [3.8, 4) is 11.1 Å². The second-order valence-corrected chi connectivity index (χ2v) is 5.09. The molecular weight excluding hydrogens is 303 g/mol. The van der Waals surface area contributed by atoms with Gasteiger partial charge in [-0.05, 0) is 46.2 Å². The number of hydrogen-bond acceptors (Lipinski definition) is 1. The molecule has 2 N–H and O–H groups in total. The highest BCUT2D eigenvalue weighted by molar-refractivity contribution is 6.02. The number of hydrogen-bond donors (Lipinski definition) is 1. The van der Waals surface area contributed by atoms with E-state index in [4.69, 9.17) is 7.10 Å². The molecule has 0 unspecified atom stereocenters. The van der Waals surface area contributed by atoms with Crippen LogP contribution in [-0.4, -0.2) is 5.91 Å². The fourth-order valence-electron chi connectivity index (χ4n) is 2.44. The normalized spacial score (nSPS) is 12.2. The van der Waals surface area contributed by atoms with E-state index in [1.165, 1.54) is 6.07 Å². The monoisotopic (exact) mass is 316 g/mol. The number of alkyl halides is 3. The molecule has 2 nitrogen and oxygen atoms in total. The Morgan fingerprint density at radius 3 is 2.48 bits per heavy atom. The molecule has 23 heavy (non-hydrogen) atoms. The smallest absolute Gasteiger partial charge is 0.366 e. The third-order valence-electron chi connectivity index (χ3n) is 3.60. The van der Waals surface area contributed by atoms with Gasteiger partial charge in [-0.1, -0.05) is 36.4 Å². The van der Waals surface area contributed by atoms with Gasteiger partial charge in [0.15, 0.2) is 0 Å². The summed E-state index contributed by atoms with van der Waals surface area (Å²) >= 11 is 0. The largest absolute Gasteiger partial charge is 0.416 e. The Balaban J connectivity index is 2.18. The number of carbonyl (C=O) groups excluding carboxylic acids is 1. The molecule has 1 amide bonds. The summed E-state index contributed by atoms with van der Waals surface area (Å²) in [7, 11) is 0. The second-order valence-electron chi connectivity index (χ2n) is 5.09. The Kier molecular flexibility index (Phi) is 3.26. The summed E-state index contributed by atoms with van der Waals surface area (Å²) in [6, 6.07) is 12.9. The van der Waals surface area contributed by atoms with Crippen molar-refractivity contribution in [2.75, 3.05) is 0 Å². The minimum Gasteiger partial charge on any atom is -0.366 e. The molecule has 0 atom stereocenters. The third-order valence-corrected chi connectivity index (χ3v) is 3.60. The quantitative estimate of drug-likeness (QED) is 0.736. The van der Waals surface area contributed by atoms with Crippen LogP contribution >= 0.6 is 0 Å². The lowest BCUT2D eigenvalue weighted by Gasteiger charge is -2.10. The fourth-order valence-corrected chi connectivity index (χ4v) is 2.44. The number of fused-ring (bicyclic) bond motifs is 1. The molecule has 3 aromatic carbocycles. The van der Waals surface area contributed by atoms with Gasteiger partial charge < -0.3 is 5.73 Å². The van der Waals surface area contributed by atoms with Gasteiger partial charge in [-0.2, -0.15) is 13.2 Å². The van der Waals surface area contributed by atoms with Crippen molar-refractivity contribution < 1.29 is 19.3 Å². The molecule has 116 valence electrons. The number of nitrogens with two attached hydrogens (primary N) is 1. The van der Waals surface area contributed by atoms with Crippen LogP contribution in [0.3, 0.4) is 0 Å². The van der Waals surface area contributed by atoms with E-state index in [-0.39, 0.29) is 6.04 Å². The maximum absolute atomic E-state index is 12.7. The van der Waals surface area contributed by atoms with Gasteiger partial charge in [-0.15, -0.1) is 0 Å². The van der Waals surface area contributed by atoms with E-state index in [0.29, 0.717) is 16.7 Å². The Morgan fingerprint density at radius 1 is 1.04 bits per heavy atom. The van der Waals surface area contributed by atoms with E-state index >= 15 is 0 Å². The molecular formula is C18H12F3NO. The summed E-state index contributed by atoms with van der Waals surface area (Å²) in [6.45, 7) is 0. The number of carbonyl (C=O) groups is 1. The van der Waals surface area contributed by atoms with Gasteiger partial charge in [0.25, 0.3) is 0 Å². The first-order valence-corrected chi connectivity index (χ1v) is 6.78. The highest BCUT2D eigenvalue weighted by atomic mass is 19.4. The Labute approximate surface area is 131 Å². The molecule has 0 saturated carbocycles. The molecule has 0 heterocycles. The van der Waals surface area contributed by atoms with Gasteiger partial charge in [0.2, 0.25) is 5.91 Å². The van der Waals surface area contributed by atoms with Crippen molar-refractivity contribution in [3.05, 3.63) is 71.8 Å². The van der Waals surface area contributed by atoms with E-state index in [2.05, 4.69) is 0 Å².